The molecule has 1 rings (SSSR count). The van der Waals surface area contributed by atoms with Crippen molar-refractivity contribution < 1.29 is 9.59 Å². The Hall–Kier alpha value is -2.35. The van der Waals surface area contributed by atoms with Gasteiger partial charge in [0.2, 0.25) is 5.91 Å². The molecule has 0 aliphatic heterocycles. The normalized spacial score (nSPS) is 9.24. The number of hydrogen-bond acceptors (Lipinski definition) is 3. The lowest BCUT2D eigenvalue weighted by molar-refractivity contribution is -0.115. The van der Waals surface area contributed by atoms with Gasteiger partial charge < -0.3 is 10.6 Å². The van der Waals surface area contributed by atoms with E-state index in [0.29, 0.717) is 16.8 Å². The van der Waals surface area contributed by atoms with Crippen LogP contribution in [0.5, 0.6) is 0 Å². The predicted octanol–water partition coefficient (Wildman–Crippen LogP) is 1.21. The maximum absolute atomic E-state index is 11.5. The third-order valence-electron chi connectivity index (χ3n) is 2.32. The lowest BCUT2D eigenvalue weighted by atomic mass is 10.1. The van der Waals surface area contributed by atoms with E-state index < -0.39 is 0 Å². The summed E-state index contributed by atoms with van der Waals surface area (Å²) in [5.41, 5.74) is 1.73. The van der Waals surface area contributed by atoms with E-state index in [0.717, 1.165) is 0 Å². The van der Waals surface area contributed by atoms with Crippen molar-refractivity contribution >= 4 is 17.5 Å². The molecular weight excluding hydrogens is 218 g/mol. The lowest BCUT2D eigenvalue weighted by Crippen LogP contribution is -2.20. The van der Waals surface area contributed by atoms with Gasteiger partial charge in [-0.1, -0.05) is 6.07 Å². The van der Waals surface area contributed by atoms with Crippen LogP contribution in [0.3, 0.4) is 0 Å². The number of hydrogen-bond donors (Lipinski definition) is 2. The highest BCUT2D eigenvalue weighted by Crippen LogP contribution is 2.18. The first-order valence-corrected chi connectivity index (χ1v) is 5.08. The molecule has 0 bridgehead atoms. The van der Waals surface area contributed by atoms with Crippen LogP contribution in [0.1, 0.15) is 22.3 Å². The first kappa shape index (κ1) is 12.7. The Morgan fingerprint density at radius 2 is 2.12 bits per heavy atom. The van der Waals surface area contributed by atoms with Gasteiger partial charge in [-0.25, -0.2) is 0 Å². The Bertz CT molecular complexity index is 489. The zero-order valence-corrected chi connectivity index (χ0v) is 9.70. The van der Waals surface area contributed by atoms with E-state index in [4.69, 9.17) is 5.26 Å². The molecule has 0 spiro atoms. The van der Waals surface area contributed by atoms with Crippen molar-refractivity contribution in [3.05, 3.63) is 29.3 Å². The summed E-state index contributed by atoms with van der Waals surface area (Å²) < 4.78 is 0. The lowest BCUT2D eigenvalue weighted by Gasteiger charge is -2.10. The van der Waals surface area contributed by atoms with Crippen molar-refractivity contribution in [2.45, 2.75) is 13.3 Å². The van der Waals surface area contributed by atoms with Gasteiger partial charge in [0.25, 0.3) is 5.91 Å². The Morgan fingerprint density at radius 1 is 1.41 bits per heavy atom. The number of rotatable bonds is 3. The number of nitrogens with zero attached hydrogens (tertiary/aromatic N) is 1. The van der Waals surface area contributed by atoms with Crippen LogP contribution in [0, 0.1) is 18.3 Å². The predicted molar refractivity (Wildman–Crippen MR) is 63.4 cm³/mol. The number of carbonyl (C=O) groups is 2. The van der Waals surface area contributed by atoms with Gasteiger partial charge in [0.1, 0.15) is 6.42 Å². The van der Waals surface area contributed by atoms with E-state index in [1.165, 1.54) is 0 Å². The molecule has 0 aliphatic rings. The van der Waals surface area contributed by atoms with E-state index in [1.807, 2.05) is 0 Å². The van der Waals surface area contributed by atoms with Crippen molar-refractivity contribution in [2.24, 2.45) is 0 Å². The van der Waals surface area contributed by atoms with E-state index >= 15 is 0 Å². The molecule has 0 atom stereocenters. The number of nitriles is 1. The third-order valence-corrected chi connectivity index (χ3v) is 2.32. The number of nitrogens with one attached hydrogen (secondary N) is 2. The van der Waals surface area contributed by atoms with Crippen molar-refractivity contribution in [1.29, 1.82) is 5.26 Å². The zero-order valence-electron chi connectivity index (χ0n) is 9.70. The van der Waals surface area contributed by atoms with Gasteiger partial charge in [0.05, 0.1) is 6.07 Å². The fourth-order valence-corrected chi connectivity index (χ4v) is 1.42. The number of anilines is 1. The monoisotopic (exact) mass is 231 g/mol. The van der Waals surface area contributed by atoms with Gasteiger partial charge in [-0.3, -0.25) is 9.59 Å². The van der Waals surface area contributed by atoms with Crippen LogP contribution < -0.4 is 10.6 Å². The molecule has 2 amide bonds. The highest BCUT2D eigenvalue weighted by molar-refractivity contribution is 5.99. The van der Waals surface area contributed by atoms with Crippen LogP contribution in [0.15, 0.2) is 18.2 Å². The second-order valence-corrected chi connectivity index (χ2v) is 3.44. The van der Waals surface area contributed by atoms with Crippen LogP contribution in [0.4, 0.5) is 5.69 Å². The maximum Gasteiger partial charge on any atom is 0.251 e. The first-order chi connectivity index (χ1) is 8.10. The van der Waals surface area contributed by atoms with Gasteiger partial charge >= 0.3 is 0 Å². The van der Waals surface area contributed by atoms with E-state index in [9.17, 15) is 9.59 Å². The quantitative estimate of drug-likeness (QED) is 0.820. The Morgan fingerprint density at radius 3 is 2.71 bits per heavy atom. The van der Waals surface area contributed by atoms with Crippen molar-refractivity contribution in [2.75, 3.05) is 12.4 Å². The fourth-order valence-electron chi connectivity index (χ4n) is 1.42. The summed E-state index contributed by atoms with van der Waals surface area (Å²) >= 11 is 0. The molecule has 17 heavy (non-hydrogen) atoms. The van der Waals surface area contributed by atoms with Gasteiger partial charge in [0.15, 0.2) is 0 Å². The SMILES string of the molecule is CNC(=O)c1cccc(NC(=O)CC#N)c1C. The molecule has 5 heteroatoms. The zero-order chi connectivity index (χ0) is 12.8. The van der Waals surface area contributed by atoms with Crippen LogP contribution in [0.2, 0.25) is 0 Å². The molecule has 0 saturated carbocycles. The number of benzene rings is 1. The fraction of sp³-hybridized carbons (Fsp3) is 0.250. The molecular formula is C12H13N3O2. The van der Waals surface area contributed by atoms with Crippen LogP contribution in [-0.4, -0.2) is 18.9 Å². The summed E-state index contributed by atoms with van der Waals surface area (Å²) in [6.45, 7) is 1.74. The van der Waals surface area contributed by atoms with Crippen LogP contribution in [0.25, 0.3) is 0 Å². The molecule has 0 radical (unpaired) electrons. The van der Waals surface area contributed by atoms with Gasteiger partial charge in [-0.15, -0.1) is 0 Å². The molecule has 0 heterocycles. The molecule has 0 unspecified atom stereocenters. The molecule has 5 nitrogen and oxygen atoms in total. The topological polar surface area (TPSA) is 82.0 Å². The number of carbonyl (C=O) groups excluding carboxylic acids is 2. The summed E-state index contributed by atoms with van der Waals surface area (Å²) in [6.07, 6.45) is -0.205. The molecule has 1 aromatic carbocycles. The minimum atomic E-state index is -0.385. The van der Waals surface area contributed by atoms with Gasteiger partial charge in [-0.05, 0) is 24.6 Å². The largest absolute Gasteiger partial charge is 0.355 e. The second-order valence-electron chi connectivity index (χ2n) is 3.44. The summed E-state index contributed by atoms with van der Waals surface area (Å²) in [7, 11) is 1.54. The van der Waals surface area contributed by atoms with Gasteiger partial charge in [0, 0.05) is 18.3 Å². The molecule has 0 saturated heterocycles. The van der Waals surface area contributed by atoms with Crippen molar-refractivity contribution in [3.8, 4) is 6.07 Å². The molecule has 0 fully saturated rings. The average Bonchev–Trinajstić information content (AvgIpc) is 2.31. The smallest absolute Gasteiger partial charge is 0.251 e. The second kappa shape index (κ2) is 5.66. The van der Waals surface area contributed by atoms with Gasteiger partial charge in [-0.2, -0.15) is 5.26 Å². The summed E-state index contributed by atoms with van der Waals surface area (Å²) in [6, 6.07) is 6.81. The van der Waals surface area contributed by atoms with Crippen LogP contribution >= 0.6 is 0 Å². The molecule has 1 aromatic rings. The van der Waals surface area contributed by atoms with Crippen molar-refractivity contribution in [1.82, 2.24) is 5.32 Å². The molecule has 2 N–H and O–H groups in total. The summed E-state index contributed by atoms with van der Waals surface area (Å²) in [5, 5.41) is 13.5. The summed E-state index contributed by atoms with van der Waals surface area (Å²) in [5.74, 6) is -0.594. The molecule has 88 valence electrons. The van der Waals surface area contributed by atoms with Crippen LogP contribution in [-0.2, 0) is 4.79 Å². The highest BCUT2D eigenvalue weighted by atomic mass is 16.2. The minimum Gasteiger partial charge on any atom is -0.355 e. The Balaban J connectivity index is 2.99. The van der Waals surface area contributed by atoms with E-state index in [2.05, 4.69) is 10.6 Å². The third kappa shape index (κ3) is 3.05. The van der Waals surface area contributed by atoms with E-state index in [-0.39, 0.29) is 18.2 Å². The van der Waals surface area contributed by atoms with Crippen molar-refractivity contribution in [3.63, 3.8) is 0 Å². The Labute approximate surface area is 99.4 Å². The first-order valence-electron chi connectivity index (χ1n) is 5.08. The standard InChI is InChI=1S/C12H13N3O2/c1-8-9(12(17)14-2)4-3-5-10(8)15-11(16)6-7-13/h3-5H,6H2,1-2H3,(H,14,17)(H,15,16). The highest BCUT2D eigenvalue weighted by Gasteiger charge is 2.11. The molecule has 0 aromatic heterocycles. The van der Waals surface area contributed by atoms with E-state index in [1.54, 1.807) is 38.2 Å². The minimum absolute atomic E-state index is 0.205. The average molecular weight is 231 g/mol. The molecule has 0 aliphatic carbocycles. The number of amides is 2. The maximum atomic E-state index is 11.5. The Kier molecular flexibility index (Phi) is 4.23. The summed E-state index contributed by atoms with van der Waals surface area (Å²) in [4.78, 5) is 22.8.